The number of piperidine rings is 1. The smallest absolute Gasteiger partial charge is 0.243 e. The number of nitrogens with zero attached hydrogens (tertiary/aromatic N) is 3. The summed E-state index contributed by atoms with van der Waals surface area (Å²) in [7, 11) is -3.46. The Balaban J connectivity index is 1.20. The first-order valence-corrected chi connectivity index (χ1v) is 14.5. The van der Waals surface area contributed by atoms with Crippen LogP contribution in [0, 0.1) is 5.92 Å². The van der Waals surface area contributed by atoms with E-state index in [1.165, 1.54) is 11.3 Å². The normalized spacial score (nSPS) is 15.2. The largest absolute Gasteiger partial charge is 0.457 e. The lowest BCUT2D eigenvalue weighted by Gasteiger charge is -2.29. The fourth-order valence-electron chi connectivity index (χ4n) is 4.07. The predicted octanol–water partition coefficient (Wildman–Crippen LogP) is 6.47. The number of hydrogen-bond acceptors (Lipinski definition) is 7. The van der Waals surface area contributed by atoms with Crippen molar-refractivity contribution in [1.29, 1.82) is 0 Å². The third kappa shape index (κ3) is 6.25. The van der Waals surface area contributed by atoms with Gasteiger partial charge in [-0.15, -0.1) is 11.3 Å². The van der Waals surface area contributed by atoms with E-state index in [1.807, 2.05) is 60.0 Å². The van der Waals surface area contributed by atoms with Crippen LogP contribution in [0.2, 0.25) is 0 Å². The van der Waals surface area contributed by atoms with Crippen molar-refractivity contribution in [2.75, 3.05) is 18.5 Å². The monoisotopic (exact) mass is 532 g/mol. The Morgan fingerprint density at radius 3 is 2.49 bits per heavy atom. The van der Waals surface area contributed by atoms with Gasteiger partial charge in [0.15, 0.2) is 0 Å². The van der Waals surface area contributed by atoms with Crippen molar-refractivity contribution in [2.24, 2.45) is 11.0 Å². The zero-order valence-electron chi connectivity index (χ0n) is 20.4. The lowest BCUT2D eigenvalue weighted by molar-refractivity contribution is 0.288. The van der Waals surface area contributed by atoms with Gasteiger partial charge in [-0.2, -0.15) is 9.41 Å². The molecule has 0 bridgehead atoms. The SMILES string of the molecule is CC1CCN(S(=O)(=O)c2ccc(-c3csc(N/N=C/c4cccc(Oc5ccccc5)c4)n3)cc2)CC1. The average Bonchev–Trinajstić information content (AvgIpc) is 3.39. The molecule has 190 valence electrons. The molecule has 9 heteroatoms. The molecule has 3 aromatic carbocycles. The number of para-hydroxylation sites is 1. The van der Waals surface area contributed by atoms with E-state index in [0.717, 1.165) is 41.2 Å². The fourth-order valence-corrected chi connectivity index (χ4v) is 6.21. The third-order valence-electron chi connectivity index (χ3n) is 6.25. The van der Waals surface area contributed by atoms with Crippen molar-refractivity contribution in [2.45, 2.75) is 24.7 Å². The summed E-state index contributed by atoms with van der Waals surface area (Å²) in [5.74, 6) is 2.08. The molecule has 2 heterocycles. The van der Waals surface area contributed by atoms with Crippen LogP contribution in [0.25, 0.3) is 11.3 Å². The molecule has 1 fully saturated rings. The number of sulfonamides is 1. The zero-order chi connectivity index (χ0) is 25.7. The van der Waals surface area contributed by atoms with Crippen LogP contribution in [0.5, 0.6) is 11.5 Å². The van der Waals surface area contributed by atoms with Crippen LogP contribution in [0.4, 0.5) is 5.13 Å². The minimum absolute atomic E-state index is 0.322. The summed E-state index contributed by atoms with van der Waals surface area (Å²) in [6.07, 6.45) is 3.52. The molecule has 5 rings (SSSR count). The zero-order valence-corrected chi connectivity index (χ0v) is 22.1. The van der Waals surface area contributed by atoms with Gasteiger partial charge in [-0.1, -0.05) is 49.4 Å². The Labute approximate surface area is 221 Å². The van der Waals surface area contributed by atoms with Crippen LogP contribution in [0.1, 0.15) is 25.3 Å². The first-order chi connectivity index (χ1) is 18.0. The van der Waals surface area contributed by atoms with Gasteiger partial charge in [-0.25, -0.2) is 13.4 Å². The highest BCUT2D eigenvalue weighted by Gasteiger charge is 2.28. The van der Waals surface area contributed by atoms with Gasteiger partial charge in [-0.3, -0.25) is 5.43 Å². The number of hydrogen-bond donors (Lipinski definition) is 1. The summed E-state index contributed by atoms with van der Waals surface area (Å²) in [5.41, 5.74) is 5.47. The van der Waals surface area contributed by atoms with Gasteiger partial charge in [0.25, 0.3) is 0 Å². The van der Waals surface area contributed by atoms with Crippen LogP contribution in [0.15, 0.2) is 94.2 Å². The van der Waals surface area contributed by atoms with Gasteiger partial charge in [0.05, 0.1) is 16.8 Å². The fraction of sp³-hybridized carbons (Fsp3) is 0.214. The van der Waals surface area contributed by atoms with Gasteiger partial charge in [0, 0.05) is 24.0 Å². The molecule has 1 aromatic heterocycles. The summed E-state index contributed by atoms with van der Waals surface area (Å²) >= 11 is 1.43. The van der Waals surface area contributed by atoms with Crippen LogP contribution < -0.4 is 10.2 Å². The summed E-state index contributed by atoms with van der Waals surface area (Å²) < 4.78 is 33.4. The van der Waals surface area contributed by atoms with Crippen molar-refractivity contribution in [3.63, 3.8) is 0 Å². The maximum Gasteiger partial charge on any atom is 0.243 e. The topological polar surface area (TPSA) is 83.9 Å². The van der Waals surface area contributed by atoms with E-state index in [2.05, 4.69) is 22.4 Å². The van der Waals surface area contributed by atoms with E-state index in [1.54, 1.807) is 34.8 Å². The Morgan fingerprint density at radius 1 is 1.00 bits per heavy atom. The standard InChI is InChI=1S/C28H28N4O3S2/c1-21-14-16-32(17-15-21)37(33,34)26-12-10-23(11-13-26)27-20-36-28(30-27)31-29-19-22-6-5-9-25(18-22)35-24-7-3-2-4-8-24/h2-13,18-21H,14-17H2,1H3,(H,30,31)/b29-19+. The molecule has 1 saturated heterocycles. The van der Waals surface area contributed by atoms with Gasteiger partial charge >= 0.3 is 0 Å². The lowest BCUT2D eigenvalue weighted by Crippen LogP contribution is -2.37. The van der Waals surface area contributed by atoms with E-state index in [-0.39, 0.29) is 0 Å². The number of anilines is 1. The maximum absolute atomic E-state index is 13.0. The predicted molar refractivity (Wildman–Crippen MR) is 149 cm³/mol. The highest BCUT2D eigenvalue weighted by molar-refractivity contribution is 7.89. The molecular weight excluding hydrogens is 504 g/mol. The van der Waals surface area contributed by atoms with Crippen LogP contribution in [-0.4, -0.2) is 37.0 Å². The quantitative estimate of drug-likeness (QED) is 0.208. The van der Waals surface area contributed by atoms with E-state index in [4.69, 9.17) is 4.74 Å². The summed E-state index contributed by atoms with van der Waals surface area (Å²) in [5, 5.41) is 6.86. The number of nitrogens with one attached hydrogen (secondary N) is 1. The summed E-state index contributed by atoms with van der Waals surface area (Å²) in [6.45, 7) is 3.33. The molecule has 0 atom stereocenters. The molecular formula is C28H28N4O3S2. The van der Waals surface area contributed by atoms with Crippen molar-refractivity contribution in [1.82, 2.24) is 9.29 Å². The Bertz CT molecular complexity index is 1460. The van der Waals surface area contributed by atoms with Crippen molar-refractivity contribution >= 4 is 32.7 Å². The Hall–Kier alpha value is -3.53. The third-order valence-corrected chi connectivity index (χ3v) is 8.91. The van der Waals surface area contributed by atoms with Crippen molar-refractivity contribution < 1.29 is 13.2 Å². The molecule has 0 saturated carbocycles. The number of aromatic nitrogens is 1. The highest BCUT2D eigenvalue weighted by Crippen LogP contribution is 2.28. The first-order valence-electron chi connectivity index (χ1n) is 12.2. The molecule has 0 amide bonds. The molecule has 4 aromatic rings. The lowest BCUT2D eigenvalue weighted by atomic mass is 10.0. The number of thiazole rings is 1. The highest BCUT2D eigenvalue weighted by atomic mass is 32.2. The molecule has 1 aliphatic rings. The number of ether oxygens (including phenoxy) is 1. The molecule has 0 spiro atoms. The summed E-state index contributed by atoms with van der Waals surface area (Å²) in [4.78, 5) is 4.91. The van der Waals surface area contributed by atoms with Crippen LogP contribution in [0.3, 0.4) is 0 Å². The molecule has 1 N–H and O–H groups in total. The number of benzene rings is 3. The molecule has 0 unspecified atom stereocenters. The van der Waals surface area contributed by atoms with Crippen molar-refractivity contribution in [3.05, 3.63) is 89.8 Å². The van der Waals surface area contributed by atoms with Gasteiger partial charge in [0.2, 0.25) is 15.2 Å². The van der Waals surface area contributed by atoms with E-state index >= 15 is 0 Å². The molecule has 37 heavy (non-hydrogen) atoms. The minimum Gasteiger partial charge on any atom is -0.457 e. The second-order valence-electron chi connectivity index (χ2n) is 9.01. The van der Waals surface area contributed by atoms with Crippen molar-refractivity contribution in [3.8, 4) is 22.8 Å². The van der Waals surface area contributed by atoms with E-state index < -0.39 is 10.0 Å². The first kappa shape index (κ1) is 25.1. The number of rotatable bonds is 8. The second kappa shape index (κ2) is 11.2. The summed E-state index contributed by atoms with van der Waals surface area (Å²) in [6, 6.07) is 24.2. The van der Waals surface area contributed by atoms with Crippen LogP contribution >= 0.6 is 11.3 Å². The van der Waals surface area contributed by atoms with Gasteiger partial charge in [0.1, 0.15) is 11.5 Å². The average molecular weight is 533 g/mol. The maximum atomic E-state index is 13.0. The Kier molecular flexibility index (Phi) is 7.64. The molecule has 0 aliphatic carbocycles. The molecule has 7 nitrogen and oxygen atoms in total. The van der Waals surface area contributed by atoms with Gasteiger partial charge < -0.3 is 4.74 Å². The second-order valence-corrected chi connectivity index (χ2v) is 11.8. The van der Waals surface area contributed by atoms with Gasteiger partial charge in [-0.05, 0) is 60.7 Å². The number of hydrazone groups is 1. The van der Waals surface area contributed by atoms with Crippen LogP contribution in [-0.2, 0) is 10.0 Å². The Morgan fingerprint density at radius 2 is 1.73 bits per heavy atom. The van der Waals surface area contributed by atoms with E-state index in [0.29, 0.717) is 29.0 Å². The molecule has 0 radical (unpaired) electrons. The van der Waals surface area contributed by atoms with E-state index in [9.17, 15) is 8.42 Å². The molecule has 1 aliphatic heterocycles. The minimum atomic E-state index is -3.46.